The lowest BCUT2D eigenvalue weighted by Crippen LogP contribution is -2.31. The first-order valence-electron chi connectivity index (χ1n) is 8.44. The van der Waals surface area contributed by atoms with Crippen LogP contribution in [0.4, 0.5) is 0 Å². The van der Waals surface area contributed by atoms with Crippen LogP contribution in [0, 0.1) is 0 Å². The highest BCUT2D eigenvalue weighted by Gasteiger charge is 2.27. The maximum atomic E-state index is 12.5. The monoisotopic (exact) mass is 402 g/mol. The second kappa shape index (κ2) is 9.29. The van der Waals surface area contributed by atoms with Crippen molar-refractivity contribution in [2.24, 2.45) is 0 Å². The Bertz CT molecular complexity index is 938. The van der Waals surface area contributed by atoms with Gasteiger partial charge in [-0.15, -0.1) is 6.58 Å². The van der Waals surface area contributed by atoms with Gasteiger partial charge in [0.1, 0.15) is 0 Å². The van der Waals surface area contributed by atoms with E-state index in [9.17, 15) is 18.0 Å². The number of amides is 1. The third kappa shape index (κ3) is 5.28. The zero-order valence-electron chi connectivity index (χ0n) is 15.7. The van der Waals surface area contributed by atoms with Crippen molar-refractivity contribution in [2.75, 3.05) is 20.6 Å². The van der Waals surface area contributed by atoms with Crippen LogP contribution in [0.1, 0.15) is 22.0 Å². The zero-order chi connectivity index (χ0) is 20.7. The average molecular weight is 402 g/mol. The molecule has 148 valence electrons. The van der Waals surface area contributed by atoms with Gasteiger partial charge in [-0.2, -0.15) is 0 Å². The third-order valence-electron chi connectivity index (χ3n) is 3.81. The minimum absolute atomic E-state index is 0.00915. The molecule has 0 aromatic heterocycles. The summed E-state index contributed by atoms with van der Waals surface area (Å²) >= 11 is 0. The Labute approximate surface area is 164 Å². The number of hydrogen-bond acceptors (Lipinski definition) is 5. The van der Waals surface area contributed by atoms with Crippen molar-refractivity contribution in [3.63, 3.8) is 0 Å². The summed E-state index contributed by atoms with van der Waals surface area (Å²) in [7, 11) is -0.547. The summed E-state index contributed by atoms with van der Waals surface area (Å²) in [6.07, 6.45) is 0.329. The smallest absolute Gasteiger partial charge is 0.339 e. The number of ether oxygens (including phenoxy) is 1. The van der Waals surface area contributed by atoms with Crippen LogP contribution >= 0.6 is 0 Å². The lowest BCUT2D eigenvalue weighted by atomic mass is 10.1. The molecule has 0 fully saturated rings. The van der Waals surface area contributed by atoms with Gasteiger partial charge < -0.3 is 9.64 Å². The standard InChI is InChI=1S/C20H22N2O5S/c1-4-14-21-28(25,26)17-12-10-16(11-13-17)20(24)27-18(19(23)22(2)3)15-8-6-5-7-9-15/h4-13,18,21H,1,14H2,2-3H3/t18-/m0/s1. The van der Waals surface area contributed by atoms with Gasteiger partial charge >= 0.3 is 5.97 Å². The van der Waals surface area contributed by atoms with E-state index in [1.54, 1.807) is 44.4 Å². The van der Waals surface area contributed by atoms with Crippen LogP contribution in [0.3, 0.4) is 0 Å². The molecule has 0 aliphatic carbocycles. The normalized spacial score (nSPS) is 12.1. The molecule has 7 nitrogen and oxygen atoms in total. The maximum absolute atomic E-state index is 12.5. The second-order valence-corrected chi connectivity index (χ2v) is 7.86. The van der Waals surface area contributed by atoms with Gasteiger partial charge in [0.2, 0.25) is 16.1 Å². The summed E-state index contributed by atoms with van der Waals surface area (Å²) in [6, 6.07) is 14.0. The van der Waals surface area contributed by atoms with Crippen molar-refractivity contribution >= 4 is 21.9 Å². The Morgan fingerprint density at radius 1 is 1.11 bits per heavy atom. The first-order chi connectivity index (χ1) is 13.3. The summed E-state index contributed by atoms with van der Waals surface area (Å²) in [5.41, 5.74) is 0.678. The molecular formula is C20H22N2O5S. The topological polar surface area (TPSA) is 92.8 Å². The fourth-order valence-electron chi connectivity index (χ4n) is 2.32. The summed E-state index contributed by atoms with van der Waals surface area (Å²) in [5.74, 6) is -1.11. The molecule has 28 heavy (non-hydrogen) atoms. The van der Waals surface area contributed by atoms with Crippen LogP contribution in [-0.4, -0.2) is 45.8 Å². The fraction of sp³-hybridized carbons (Fsp3) is 0.200. The molecule has 0 aliphatic rings. The highest BCUT2D eigenvalue weighted by atomic mass is 32.2. The van der Waals surface area contributed by atoms with Crippen molar-refractivity contribution in [1.29, 1.82) is 0 Å². The van der Waals surface area contributed by atoms with Gasteiger partial charge in [0.15, 0.2) is 0 Å². The van der Waals surface area contributed by atoms with E-state index in [0.29, 0.717) is 5.56 Å². The SMILES string of the molecule is C=CCNS(=O)(=O)c1ccc(C(=O)O[C@H](C(=O)N(C)C)c2ccccc2)cc1. The van der Waals surface area contributed by atoms with E-state index in [4.69, 9.17) is 4.74 Å². The zero-order valence-corrected chi connectivity index (χ0v) is 16.5. The first kappa shape index (κ1) is 21.3. The third-order valence-corrected chi connectivity index (χ3v) is 5.25. The summed E-state index contributed by atoms with van der Waals surface area (Å²) in [4.78, 5) is 26.3. The van der Waals surface area contributed by atoms with Crippen molar-refractivity contribution < 1.29 is 22.7 Å². The molecule has 0 heterocycles. The van der Waals surface area contributed by atoms with Crippen LogP contribution < -0.4 is 4.72 Å². The van der Waals surface area contributed by atoms with Gasteiger partial charge in [-0.05, 0) is 24.3 Å². The average Bonchev–Trinajstić information content (AvgIpc) is 2.70. The quantitative estimate of drug-likeness (QED) is 0.539. The van der Waals surface area contributed by atoms with Gasteiger partial charge in [0.05, 0.1) is 10.5 Å². The molecule has 8 heteroatoms. The highest BCUT2D eigenvalue weighted by molar-refractivity contribution is 7.89. The molecule has 0 unspecified atom stereocenters. The molecule has 0 saturated heterocycles. The molecule has 2 rings (SSSR count). The Morgan fingerprint density at radius 2 is 1.71 bits per heavy atom. The molecule has 1 N–H and O–H groups in total. The lowest BCUT2D eigenvalue weighted by molar-refractivity contribution is -0.138. The first-order valence-corrected chi connectivity index (χ1v) is 9.92. The van der Waals surface area contributed by atoms with Gasteiger partial charge in [0.25, 0.3) is 5.91 Å². The lowest BCUT2D eigenvalue weighted by Gasteiger charge is -2.21. The molecule has 0 saturated carbocycles. The number of hydrogen-bond donors (Lipinski definition) is 1. The minimum atomic E-state index is -3.69. The molecule has 1 amide bonds. The summed E-state index contributed by atoms with van der Waals surface area (Å²) in [5, 5.41) is 0. The Balaban J connectivity index is 2.22. The fourth-order valence-corrected chi connectivity index (χ4v) is 3.32. The predicted molar refractivity (Wildman–Crippen MR) is 105 cm³/mol. The van der Waals surface area contributed by atoms with Crippen LogP contribution in [0.25, 0.3) is 0 Å². The molecule has 0 bridgehead atoms. The van der Waals surface area contributed by atoms with Crippen LogP contribution in [0.5, 0.6) is 0 Å². The van der Waals surface area contributed by atoms with Crippen molar-refractivity contribution in [1.82, 2.24) is 9.62 Å². The van der Waals surface area contributed by atoms with Gasteiger partial charge in [-0.1, -0.05) is 36.4 Å². The molecule has 1 atom stereocenters. The van der Waals surface area contributed by atoms with E-state index in [0.717, 1.165) is 0 Å². The molecule has 2 aromatic rings. The van der Waals surface area contributed by atoms with Gasteiger partial charge in [0, 0.05) is 26.2 Å². The molecule has 2 aromatic carbocycles. The number of carbonyl (C=O) groups excluding carboxylic acids is 2. The Kier molecular flexibility index (Phi) is 7.08. The minimum Gasteiger partial charge on any atom is -0.444 e. The number of esters is 1. The Hall–Kier alpha value is -2.97. The van der Waals surface area contributed by atoms with E-state index in [1.165, 1.54) is 35.2 Å². The van der Waals surface area contributed by atoms with E-state index in [-0.39, 0.29) is 22.9 Å². The van der Waals surface area contributed by atoms with Crippen molar-refractivity contribution in [3.05, 3.63) is 78.4 Å². The van der Waals surface area contributed by atoms with Crippen LogP contribution in [-0.2, 0) is 19.6 Å². The van der Waals surface area contributed by atoms with E-state index < -0.39 is 22.1 Å². The van der Waals surface area contributed by atoms with E-state index >= 15 is 0 Å². The number of likely N-dealkylation sites (N-methyl/N-ethyl adjacent to an activating group) is 1. The number of nitrogens with one attached hydrogen (secondary N) is 1. The maximum Gasteiger partial charge on any atom is 0.339 e. The highest BCUT2D eigenvalue weighted by Crippen LogP contribution is 2.21. The van der Waals surface area contributed by atoms with Crippen molar-refractivity contribution in [2.45, 2.75) is 11.0 Å². The largest absolute Gasteiger partial charge is 0.444 e. The van der Waals surface area contributed by atoms with Crippen LogP contribution in [0.15, 0.2) is 72.1 Å². The molecule has 0 radical (unpaired) electrons. The second-order valence-electron chi connectivity index (χ2n) is 6.09. The number of rotatable bonds is 8. The molecule has 0 aliphatic heterocycles. The molecular weight excluding hydrogens is 380 g/mol. The van der Waals surface area contributed by atoms with Gasteiger partial charge in [-0.3, -0.25) is 4.79 Å². The van der Waals surface area contributed by atoms with Crippen molar-refractivity contribution in [3.8, 4) is 0 Å². The molecule has 0 spiro atoms. The van der Waals surface area contributed by atoms with E-state index in [2.05, 4.69) is 11.3 Å². The number of benzene rings is 2. The number of nitrogens with zero attached hydrogens (tertiary/aromatic N) is 1. The summed E-state index contributed by atoms with van der Waals surface area (Å²) in [6.45, 7) is 3.55. The van der Waals surface area contributed by atoms with Crippen LogP contribution in [0.2, 0.25) is 0 Å². The van der Waals surface area contributed by atoms with E-state index in [1.807, 2.05) is 0 Å². The predicted octanol–water partition coefficient (Wildman–Crippen LogP) is 2.14. The number of sulfonamides is 1. The number of carbonyl (C=O) groups is 2. The summed E-state index contributed by atoms with van der Waals surface area (Å²) < 4.78 is 31.9. The Morgan fingerprint density at radius 3 is 2.25 bits per heavy atom. The van der Waals surface area contributed by atoms with Gasteiger partial charge in [-0.25, -0.2) is 17.9 Å².